The van der Waals surface area contributed by atoms with E-state index in [1.807, 2.05) is 50.2 Å². The zero-order valence-electron chi connectivity index (χ0n) is 26.3. The van der Waals surface area contributed by atoms with Gasteiger partial charge in [0.05, 0.1) is 18.1 Å². The van der Waals surface area contributed by atoms with E-state index in [9.17, 15) is 24.3 Å². The molecule has 1 fully saturated rings. The van der Waals surface area contributed by atoms with Gasteiger partial charge in [-0.3, -0.25) is 14.4 Å². The molecule has 10 nitrogen and oxygen atoms in total. The summed E-state index contributed by atoms with van der Waals surface area (Å²) in [4.78, 5) is 52.6. The SMILES string of the molecule is Cc1ccc(C[C@H]2NC(=O)/C=C/C[C@@H]([C@H](C)C3OC3c3ccc(CO)cc3)OC(=O)[C@H](C)NC(=O)C(C)(C)CNC2=O)cc1Cl. The van der Waals surface area contributed by atoms with Gasteiger partial charge in [0.1, 0.15) is 24.3 Å². The fourth-order valence-corrected chi connectivity index (χ4v) is 5.34. The van der Waals surface area contributed by atoms with E-state index in [4.69, 9.17) is 21.1 Å². The van der Waals surface area contributed by atoms with Crippen molar-refractivity contribution in [2.75, 3.05) is 6.54 Å². The number of amides is 3. The monoisotopic (exact) mass is 639 g/mol. The number of aryl methyl sites for hydroxylation is 1. The Bertz CT molecular complexity index is 1440. The number of epoxide rings is 1. The molecule has 4 N–H and O–H groups in total. The molecule has 2 aliphatic heterocycles. The number of benzene rings is 2. The van der Waals surface area contributed by atoms with E-state index in [0.717, 1.165) is 22.3 Å². The van der Waals surface area contributed by atoms with Crippen LogP contribution in [-0.2, 0) is 41.7 Å². The summed E-state index contributed by atoms with van der Waals surface area (Å²) in [5, 5.41) is 18.2. The first-order valence-corrected chi connectivity index (χ1v) is 15.5. The van der Waals surface area contributed by atoms with Crippen LogP contribution >= 0.6 is 11.6 Å². The Morgan fingerprint density at radius 2 is 1.73 bits per heavy atom. The zero-order chi connectivity index (χ0) is 32.9. The Morgan fingerprint density at radius 1 is 1.04 bits per heavy atom. The highest BCUT2D eigenvalue weighted by Gasteiger charge is 2.47. The standard InChI is InChI=1S/C34H42ClN3O7/c1-19-9-10-23(15-25(19)35)16-26-31(41)36-18-34(4,5)33(43)37-21(3)32(42)44-27(7-6-8-28(40)38-26)20(2)29-30(45-29)24-13-11-22(17-39)12-14-24/h6,8-15,20-21,26-27,29-30,39H,7,16-18H2,1-5H3,(H,36,41)(H,37,43)(H,38,40)/b8-6+/t20-,21-,26+,27-,29?,30?/m0/s1. The van der Waals surface area contributed by atoms with E-state index in [0.29, 0.717) is 5.02 Å². The molecule has 0 aliphatic carbocycles. The number of cyclic esters (lactones) is 1. The molecule has 0 saturated carbocycles. The van der Waals surface area contributed by atoms with Crippen molar-refractivity contribution >= 4 is 35.3 Å². The number of halogens is 1. The Balaban J connectivity index is 1.55. The molecule has 2 aliphatic rings. The predicted molar refractivity (Wildman–Crippen MR) is 169 cm³/mol. The second kappa shape index (κ2) is 14.6. The van der Waals surface area contributed by atoms with E-state index < -0.39 is 47.3 Å². The number of carbonyl (C=O) groups excluding carboxylic acids is 4. The van der Waals surface area contributed by atoms with E-state index in [2.05, 4.69) is 16.0 Å². The number of aliphatic hydroxyl groups is 1. The maximum absolute atomic E-state index is 13.3. The summed E-state index contributed by atoms with van der Waals surface area (Å²) in [6.45, 7) is 8.56. The molecule has 1 saturated heterocycles. The molecule has 4 rings (SSSR count). The van der Waals surface area contributed by atoms with Crippen molar-refractivity contribution in [2.45, 2.75) is 84.5 Å². The summed E-state index contributed by atoms with van der Waals surface area (Å²) < 4.78 is 11.9. The van der Waals surface area contributed by atoms with Crippen molar-refractivity contribution in [3.63, 3.8) is 0 Å². The number of ether oxygens (including phenoxy) is 2. The summed E-state index contributed by atoms with van der Waals surface area (Å²) in [6.07, 6.45) is 2.21. The first kappa shape index (κ1) is 34.1. The number of esters is 1. The lowest BCUT2D eigenvalue weighted by atomic mass is 9.91. The van der Waals surface area contributed by atoms with Crippen LogP contribution in [0.2, 0.25) is 5.02 Å². The van der Waals surface area contributed by atoms with E-state index in [1.165, 1.54) is 6.08 Å². The minimum Gasteiger partial charge on any atom is -0.460 e. The molecular weight excluding hydrogens is 598 g/mol. The Kier molecular flexibility index (Phi) is 11.1. The molecule has 0 radical (unpaired) electrons. The molecule has 0 aromatic heterocycles. The van der Waals surface area contributed by atoms with Crippen molar-refractivity contribution in [3.8, 4) is 0 Å². The number of hydrogen-bond acceptors (Lipinski definition) is 7. The highest BCUT2D eigenvalue weighted by molar-refractivity contribution is 6.31. The molecule has 2 heterocycles. The summed E-state index contributed by atoms with van der Waals surface area (Å²) in [6, 6.07) is 11.0. The number of nitrogens with one attached hydrogen (secondary N) is 3. The molecule has 0 spiro atoms. The summed E-state index contributed by atoms with van der Waals surface area (Å²) in [5.74, 6) is -2.26. The number of rotatable bonds is 6. The molecule has 2 aromatic rings. The second-order valence-electron chi connectivity index (χ2n) is 12.5. The van der Waals surface area contributed by atoms with Crippen LogP contribution in [0.15, 0.2) is 54.6 Å². The zero-order valence-corrected chi connectivity index (χ0v) is 27.0. The average Bonchev–Trinajstić information content (AvgIpc) is 3.81. The van der Waals surface area contributed by atoms with E-state index in [1.54, 1.807) is 32.9 Å². The number of aliphatic hydroxyl groups excluding tert-OH is 1. The minimum atomic E-state index is -1.07. The van der Waals surface area contributed by atoms with Crippen LogP contribution in [0.4, 0.5) is 0 Å². The van der Waals surface area contributed by atoms with E-state index in [-0.39, 0.29) is 44.1 Å². The van der Waals surface area contributed by atoms with Gasteiger partial charge in [-0.25, -0.2) is 4.79 Å². The third-order valence-corrected chi connectivity index (χ3v) is 8.76. The molecule has 11 heteroatoms. The molecular formula is C34H42ClN3O7. The van der Waals surface area contributed by atoms with Gasteiger partial charge in [0, 0.05) is 30.3 Å². The van der Waals surface area contributed by atoms with Gasteiger partial charge in [0.2, 0.25) is 17.7 Å². The first-order chi connectivity index (χ1) is 21.3. The van der Waals surface area contributed by atoms with Crippen LogP contribution in [0, 0.1) is 18.3 Å². The van der Waals surface area contributed by atoms with Crippen molar-refractivity contribution in [2.24, 2.45) is 11.3 Å². The highest BCUT2D eigenvalue weighted by atomic mass is 35.5. The summed E-state index contributed by atoms with van der Waals surface area (Å²) in [5.41, 5.74) is 2.32. The Hall–Kier alpha value is -3.73. The minimum absolute atomic E-state index is 0.0321. The third-order valence-electron chi connectivity index (χ3n) is 8.36. The van der Waals surface area contributed by atoms with Crippen LogP contribution < -0.4 is 16.0 Å². The van der Waals surface area contributed by atoms with E-state index >= 15 is 0 Å². The molecule has 6 atom stereocenters. The normalized spacial score (nSPS) is 27.4. The van der Waals surface area contributed by atoms with Gasteiger partial charge in [0.25, 0.3) is 0 Å². The van der Waals surface area contributed by atoms with Crippen molar-refractivity contribution in [3.05, 3.63) is 81.9 Å². The lowest BCUT2D eigenvalue weighted by Crippen LogP contribution is -2.53. The van der Waals surface area contributed by atoms with Gasteiger partial charge in [-0.2, -0.15) is 0 Å². The van der Waals surface area contributed by atoms with Crippen molar-refractivity contribution in [1.82, 2.24) is 16.0 Å². The fourth-order valence-electron chi connectivity index (χ4n) is 5.14. The van der Waals surface area contributed by atoms with Gasteiger partial charge in [-0.05, 0) is 62.1 Å². The molecule has 0 bridgehead atoms. The summed E-state index contributed by atoms with van der Waals surface area (Å²) in [7, 11) is 0. The maximum atomic E-state index is 13.3. The molecule has 45 heavy (non-hydrogen) atoms. The van der Waals surface area contributed by atoms with Gasteiger partial charge >= 0.3 is 5.97 Å². The highest BCUT2D eigenvalue weighted by Crippen LogP contribution is 2.45. The van der Waals surface area contributed by atoms with Crippen LogP contribution in [0.25, 0.3) is 0 Å². The molecule has 242 valence electrons. The Morgan fingerprint density at radius 3 is 2.40 bits per heavy atom. The van der Waals surface area contributed by atoms with Crippen LogP contribution in [0.1, 0.15) is 62.5 Å². The van der Waals surface area contributed by atoms with Crippen LogP contribution in [0.5, 0.6) is 0 Å². The molecule has 2 aromatic carbocycles. The predicted octanol–water partition coefficient (Wildman–Crippen LogP) is 3.46. The molecule has 3 amide bonds. The number of hydrogen-bond donors (Lipinski definition) is 4. The van der Waals surface area contributed by atoms with Gasteiger partial charge in [-0.15, -0.1) is 0 Å². The first-order valence-electron chi connectivity index (χ1n) is 15.2. The molecule has 2 unspecified atom stereocenters. The fraction of sp³-hybridized carbons (Fsp3) is 0.471. The third kappa shape index (κ3) is 8.93. The van der Waals surface area contributed by atoms with Crippen molar-refractivity contribution in [1.29, 1.82) is 0 Å². The smallest absolute Gasteiger partial charge is 0.328 e. The average molecular weight is 640 g/mol. The topological polar surface area (TPSA) is 146 Å². The van der Waals surface area contributed by atoms with Gasteiger partial charge < -0.3 is 30.5 Å². The van der Waals surface area contributed by atoms with Crippen LogP contribution in [-0.4, -0.2) is 59.6 Å². The van der Waals surface area contributed by atoms with Crippen molar-refractivity contribution < 1.29 is 33.8 Å². The maximum Gasteiger partial charge on any atom is 0.328 e. The largest absolute Gasteiger partial charge is 0.460 e. The lowest BCUT2D eigenvalue weighted by Gasteiger charge is -2.28. The quantitative estimate of drug-likeness (QED) is 0.280. The van der Waals surface area contributed by atoms with Crippen LogP contribution in [0.3, 0.4) is 0 Å². The Labute approximate surface area is 268 Å². The van der Waals surface area contributed by atoms with Gasteiger partial charge in [0.15, 0.2) is 0 Å². The summed E-state index contributed by atoms with van der Waals surface area (Å²) >= 11 is 6.30. The number of carbonyl (C=O) groups is 4. The second-order valence-corrected chi connectivity index (χ2v) is 12.9. The van der Waals surface area contributed by atoms with Gasteiger partial charge in [-0.1, -0.05) is 61.0 Å². The lowest BCUT2D eigenvalue weighted by molar-refractivity contribution is -0.155.